The first-order valence-corrected chi connectivity index (χ1v) is 9.37. The van der Waals surface area contributed by atoms with Gasteiger partial charge in [0.25, 0.3) is 0 Å². The largest absolute Gasteiger partial charge is 0.573 e. The van der Waals surface area contributed by atoms with Gasteiger partial charge in [0.2, 0.25) is 5.82 Å². The Morgan fingerprint density at radius 3 is 2.33 bits per heavy atom. The molecule has 6 nitrogen and oxygen atoms in total. The molecule has 0 saturated heterocycles. The van der Waals surface area contributed by atoms with E-state index in [4.69, 9.17) is 10.00 Å². The fraction of sp³-hybridized carbons (Fsp3) is 0.136. The van der Waals surface area contributed by atoms with Gasteiger partial charge in [0.1, 0.15) is 5.75 Å². The Hall–Kier alpha value is -4.04. The third-order valence-electron chi connectivity index (χ3n) is 4.56. The van der Waals surface area contributed by atoms with Crippen LogP contribution in [0.3, 0.4) is 0 Å². The van der Waals surface area contributed by atoms with E-state index in [1.165, 1.54) is 36.5 Å². The van der Waals surface area contributed by atoms with Gasteiger partial charge >= 0.3 is 12.5 Å². The summed E-state index contributed by atoms with van der Waals surface area (Å²) in [6.07, 6.45) is -7.30. The Bertz CT molecular complexity index is 1330. The van der Waals surface area contributed by atoms with Crippen LogP contribution in [0, 0.1) is 11.3 Å². The lowest BCUT2D eigenvalue weighted by atomic mass is 10.1. The zero-order valence-corrected chi connectivity index (χ0v) is 16.6. The quantitative estimate of drug-likeness (QED) is 0.359. The molecule has 11 heteroatoms. The molecule has 0 saturated carbocycles. The van der Waals surface area contributed by atoms with Gasteiger partial charge < -0.3 is 9.47 Å². The minimum atomic E-state index is -4.82. The summed E-state index contributed by atoms with van der Waals surface area (Å²) in [5.41, 5.74) is 1.71. The second-order valence-electron chi connectivity index (χ2n) is 6.86. The molecule has 2 heterocycles. The SMILES string of the molecule is N#Cc1cccc(COC(F)(F)c2nnc3ccc(-c4ccc(OC(F)(F)F)cc4)cn23)c1. The van der Waals surface area contributed by atoms with Crippen molar-refractivity contribution in [1.82, 2.24) is 14.6 Å². The summed E-state index contributed by atoms with van der Waals surface area (Å²) in [5.74, 6) is -1.18. The lowest BCUT2D eigenvalue weighted by Crippen LogP contribution is -2.21. The van der Waals surface area contributed by atoms with Crippen LogP contribution in [0.1, 0.15) is 17.0 Å². The zero-order chi connectivity index (χ0) is 23.6. The van der Waals surface area contributed by atoms with Crippen molar-refractivity contribution in [2.75, 3.05) is 0 Å². The average Bonchev–Trinajstić information content (AvgIpc) is 3.22. The number of aromatic nitrogens is 3. The number of nitriles is 1. The first-order chi connectivity index (χ1) is 15.6. The molecule has 4 rings (SSSR count). The summed E-state index contributed by atoms with van der Waals surface area (Å²) in [6, 6.07) is 16.0. The second-order valence-corrected chi connectivity index (χ2v) is 6.86. The van der Waals surface area contributed by atoms with Crippen molar-refractivity contribution in [3.05, 3.63) is 83.8 Å². The van der Waals surface area contributed by atoms with Gasteiger partial charge in [-0.25, -0.2) is 0 Å². The molecule has 2 aromatic heterocycles. The average molecular weight is 460 g/mol. The van der Waals surface area contributed by atoms with E-state index in [1.807, 2.05) is 6.07 Å². The van der Waals surface area contributed by atoms with Crippen LogP contribution in [0.2, 0.25) is 0 Å². The third-order valence-corrected chi connectivity index (χ3v) is 4.56. The summed E-state index contributed by atoms with van der Waals surface area (Å²) in [4.78, 5) is 0. The Morgan fingerprint density at radius 2 is 1.64 bits per heavy atom. The van der Waals surface area contributed by atoms with Crippen LogP contribution in [0.4, 0.5) is 22.0 Å². The topological polar surface area (TPSA) is 72.4 Å². The Balaban J connectivity index is 1.59. The third kappa shape index (κ3) is 5.07. The summed E-state index contributed by atoms with van der Waals surface area (Å²) >= 11 is 0. The van der Waals surface area contributed by atoms with Crippen molar-refractivity contribution < 1.29 is 31.4 Å². The predicted octanol–water partition coefficient (Wildman–Crippen LogP) is 5.43. The molecule has 4 aromatic rings. The van der Waals surface area contributed by atoms with Crippen LogP contribution in [-0.4, -0.2) is 21.0 Å². The number of ether oxygens (including phenoxy) is 2. The number of pyridine rings is 1. The number of halogens is 5. The molecule has 0 atom stereocenters. The molecular weight excluding hydrogens is 447 g/mol. The van der Waals surface area contributed by atoms with Crippen LogP contribution < -0.4 is 4.74 Å². The van der Waals surface area contributed by atoms with Crippen LogP contribution >= 0.6 is 0 Å². The second kappa shape index (κ2) is 8.48. The number of fused-ring (bicyclic) bond motifs is 1. The molecule has 0 bridgehead atoms. The molecule has 33 heavy (non-hydrogen) atoms. The summed E-state index contributed by atoms with van der Waals surface area (Å²) < 4.78 is 76.3. The lowest BCUT2D eigenvalue weighted by molar-refractivity contribution is -0.274. The number of hydrogen-bond donors (Lipinski definition) is 0. The molecular formula is C22H13F5N4O2. The molecule has 0 N–H and O–H groups in total. The lowest BCUT2D eigenvalue weighted by Gasteiger charge is -2.15. The molecule has 0 aliphatic carbocycles. The van der Waals surface area contributed by atoms with Crippen LogP contribution in [0.15, 0.2) is 66.9 Å². The minimum Gasteiger partial charge on any atom is -0.406 e. The molecule has 0 aliphatic rings. The minimum absolute atomic E-state index is 0.125. The number of hydrogen-bond acceptors (Lipinski definition) is 5. The fourth-order valence-corrected chi connectivity index (χ4v) is 3.08. The maximum absolute atomic E-state index is 14.8. The van der Waals surface area contributed by atoms with Gasteiger partial charge in [-0.3, -0.25) is 4.40 Å². The first-order valence-electron chi connectivity index (χ1n) is 9.37. The highest BCUT2D eigenvalue weighted by atomic mass is 19.4. The first kappa shape index (κ1) is 22.2. The molecule has 168 valence electrons. The Morgan fingerprint density at radius 1 is 0.909 bits per heavy atom. The van der Waals surface area contributed by atoms with Gasteiger partial charge in [0.05, 0.1) is 18.2 Å². The number of nitrogens with zero attached hydrogens (tertiary/aromatic N) is 4. The zero-order valence-electron chi connectivity index (χ0n) is 16.6. The number of benzene rings is 2. The maximum atomic E-state index is 14.8. The predicted molar refractivity (Wildman–Crippen MR) is 105 cm³/mol. The van der Waals surface area contributed by atoms with E-state index in [0.717, 1.165) is 16.5 Å². The van der Waals surface area contributed by atoms with E-state index in [2.05, 4.69) is 14.9 Å². The highest BCUT2D eigenvalue weighted by molar-refractivity contribution is 5.65. The molecule has 2 aromatic carbocycles. The monoisotopic (exact) mass is 460 g/mol. The van der Waals surface area contributed by atoms with Crippen molar-refractivity contribution in [3.63, 3.8) is 0 Å². The van der Waals surface area contributed by atoms with Gasteiger partial charge in [0.15, 0.2) is 5.65 Å². The summed E-state index contributed by atoms with van der Waals surface area (Å²) in [7, 11) is 0. The van der Waals surface area contributed by atoms with Gasteiger partial charge in [-0.1, -0.05) is 24.3 Å². The number of rotatable bonds is 6. The number of alkyl halides is 5. The van der Waals surface area contributed by atoms with Gasteiger partial charge in [-0.15, -0.1) is 23.4 Å². The fourth-order valence-electron chi connectivity index (χ4n) is 3.08. The molecule has 0 spiro atoms. The van der Waals surface area contributed by atoms with Crippen molar-refractivity contribution >= 4 is 5.65 Å². The van der Waals surface area contributed by atoms with Crippen molar-refractivity contribution in [1.29, 1.82) is 5.26 Å². The standard InChI is InChI=1S/C22H13F5N4O2/c23-21(24,32-13-15-3-1-2-14(10-15)11-28)20-30-29-19-9-6-17(12-31(19)20)16-4-7-18(8-5-16)33-22(25,26)27/h1-10,12H,13H2. The molecule has 0 aliphatic heterocycles. The summed E-state index contributed by atoms with van der Waals surface area (Å²) in [5, 5.41) is 16.2. The van der Waals surface area contributed by atoms with Crippen LogP contribution in [0.25, 0.3) is 16.8 Å². The van der Waals surface area contributed by atoms with Gasteiger partial charge in [-0.05, 0) is 53.1 Å². The highest BCUT2D eigenvalue weighted by Crippen LogP contribution is 2.31. The molecule has 0 fully saturated rings. The van der Waals surface area contributed by atoms with Crippen molar-refractivity contribution in [2.45, 2.75) is 19.1 Å². The van der Waals surface area contributed by atoms with Gasteiger partial charge in [0, 0.05) is 6.20 Å². The smallest absolute Gasteiger partial charge is 0.406 e. The van der Waals surface area contributed by atoms with E-state index in [0.29, 0.717) is 22.3 Å². The molecule has 0 amide bonds. The van der Waals surface area contributed by atoms with E-state index in [1.54, 1.807) is 18.2 Å². The summed E-state index contributed by atoms with van der Waals surface area (Å²) in [6.45, 7) is -0.474. The van der Waals surface area contributed by atoms with Crippen LogP contribution in [0.5, 0.6) is 5.75 Å². The van der Waals surface area contributed by atoms with E-state index in [9.17, 15) is 22.0 Å². The van der Waals surface area contributed by atoms with E-state index >= 15 is 0 Å². The normalized spacial score (nSPS) is 12.0. The Kier molecular flexibility index (Phi) is 5.69. The van der Waals surface area contributed by atoms with Crippen molar-refractivity contribution in [3.8, 4) is 22.9 Å². The Labute approximate surface area is 183 Å². The van der Waals surface area contributed by atoms with Crippen molar-refractivity contribution in [2.24, 2.45) is 0 Å². The van der Waals surface area contributed by atoms with Gasteiger partial charge in [-0.2, -0.15) is 14.0 Å². The van der Waals surface area contributed by atoms with E-state index < -0.39 is 30.7 Å². The van der Waals surface area contributed by atoms with E-state index in [-0.39, 0.29) is 5.65 Å². The maximum Gasteiger partial charge on any atom is 0.573 e. The highest BCUT2D eigenvalue weighted by Gasteiger charge is 2.39. The molecule has 0 unspecified atom stereocenters. The molecule has 0 radical (unpaired) electrons. The van der Waals surface area contributed by atoms with Crippen LogP contribution in [-0.2, 0) is 17.5 Å².